The van der Waals surface area contributed by atoms with Crippen LogP contribution in [0.1, 0.15) is 33.2 Å². The fourth-order valence-electron chi connectivity index (χ4n) is 3.06. The zero-order valence-corrected chi connectivity index (χ0v) is 16.2. The molecule has 0 unspecified atom stereocenters. The Hall–Kier alpha value is -3.40. The monoisotopic (exact) mass is 374 g/mol. The highest BCUT2D eigenvalue weighted by molar-refractivity contribution is 5.91. The molecule has 4 nitrogen and oxygen atoms in total. The maximum absolute atomic E-state index is 11.6. The summed E-state index contributed by atoms with van der Waals surface area (Å²) in [5.74, 6) is -0.694. The van der Waals surface area contributed by atoms with E-state index < -0.39 is 0 Å². The van der Waals surface area contributed by atoms with Crippen LogP contribution in [0.2, 0.25) is 0 Å². The molecule has 0 bridgehead atoms. The van der Waals surface area contributed by atoms with Crippen molar-refractivity contribution < 1.29 is 19.1 Å². The first-order valence-corrected chi connectivity index (χ1v) is 9.07. The van der Waals surface area contributed by atoms with Gasteiger partial charge in [0.05, 0.1) is 25.3 Å². The lowest BCUT2D eigenvalue weighted by Crippen LogP contribution is -2.00. The Morgan fingerprint density at radius 3 is 1.36 bits per heavy atom. The van der Waals surface area contributed by atoms with Crippen molar-refractivity contribution in [2.24, 2.45) is 0 Å². The van der Waals surface area contributed by atoms with Gasteiger partial charge in [-0.2, -0.15) is 0 Å². The Balaban J connectivity index is 1.98. The highest BCUT2D eigenvalue weighted by atomic mass is 16.5. The van der Waals surface area contributed by atoms with E-state index in [9.17, 15) is 9.59 Å². The molecule has 0 aliphatic rings. The van der Waals surface area contributed by atoms with Gasteiger partial charge in [0.25, 0.3) is 0 Å². The third kappa shape index (κ3) is 4.12. The summed E-state index contributed by atoms with van der Waals surface area (Å²) in [5, 5.41) is 0. The fraction of sp³-hybridized carbons (Fsp3) is 0.167. The Bertz CT molecular complexity index is 908. The number of benzene rings is 3. The molecule has 0 heterocycles. The maximum atomic E-state index is 11.6. The molecule has 0 aliphatic carbocycles. The molecule has 3 aromatic rings. The standard InChI is InChI=1S/C24H22O4/c1-4-16-13-21(17-5-9-19(10-6-17)23(25)27-2)15-22(14-16)18-7-11-20(12-8-18)24(26)28-3/h5-15H,4H2,1-3H3. The molecule has 0 saturated carbocycles. The molecule has 3 rings (SSSR count). The normalized spacial score (nSPS) is 10.4. The van der Waals surface area contributed by atoms with Gasteiger partial charge in [0.15, 0.2) is 0 Å². The van der Waals surface area contributed by atoms with Crippen molar-refractivity contribution in [3.05, 3.63) is 83.4 Å². The van der Waals surface area contributed by atoms with Gasteiger partial charge in [-0.1, -0.05) is 43.3 Å². The molecule has 4 heteroatoms. The summed E-state index contributed by atoms with van der Waals surface area (Å²) in [4.78, 5) is 23.3. The minimum absolute atomic E-state index is 0.347. The smallest absolute Gasteiger partial charge is 0.337 e. The van der Waals surface area contributed by atoms with E-state index in [-0.39, 0.29) is 11.9 Å². The molecular weight excluding hydrogens is 352 g/mol. The molecule has 3 aromatic carbocycles. The molecule has 0 radical (unpaired) electrons. The molecular formula is C24H22O4. The first kappa shape index (κ1) is 19.4. The van der Waals surface area contributed by atoms with Crippen LogP contribution in [0.5, 0.6) is 0 Å². The van der Waals surface area contributed by atoms with Crippen LogP contribution < -0.4 is 0 Å². The first-order valence-electron chi connectivity index (χ1n) is 9.07. The van der Waals surface area contributed by atoms with Gasteiger partial charge < -0.3 is 9.47 Å². The molecule has 0 atom stereocenters. The summed E-state index contributed by atoms with van der Waals surface area (Å²) in [5.41, 5.74) is 6.45. The topological polar surface area (TPSA) is 52.6 Å². The van der Waals surface area contributed by atoms with E-state index in [1.54, 1.807) is 24.3 Å². The number of esters is 2. The molecule has 0 saturated heterocycles. The number of ether oxygens (including phenoxy) is 2. The number of aryl methyl sites for hydroxylation is 1. The Morgan fingerprint density at radius 2 is 1.04 bits per heavy atom. The van der Waals surface area contributed by atoms with Gasteiger partial charge >= 0.3 is 11.9 Å². The second-order valence-electron chi connectivity index (χ2n) is 6.41. The van der Waals surface area contributed by atoms with E-state index in [2.05, 4.69) is 25.1 Å². The highest BCUT2D eigenvalue weighted by Crippen LogP contribution is 2.29. The predicted molar refractivity (Wildman–Crippen MR) is 109 cm³/mol. The van der Waals surface area contributed by atoms with Crippen LogP contribution in [0.4, 0.5) is 0 Å². The molecule has 142 valence electrons. The van der Waals surface area contributed by atoms with E-state index in [1.807, 2.05) is 24.3 Å². The van der Waals surface area contributed by atoms with Gasteiger partial charge in [-0.3, -0.25) is 0 Å². The number of carbonyl (C=O) groups excluding carboxylic acids is 2. The number of rotatable bonds is 5. The second-order valence-corrected chi connectivity index (χ2v) is 6.41. The minimum atomic E-state index is -0.347. The summed E-state index contributed by atoms with van der Waals surface area (Å²) >= 11 is 0. The summed E-state index contributed by atoms with van der Waals surface area (Å²) in [6.07, 6.45) is 0.904. The number of hydrogen-bond donors (Lipinski definition) is 0. The van der Waals surface area contributed by atoms with Crippen LogP contribution in [0.3, 0.4) is 0 Å². The quantitative estimate of drug-likeness (QED) is 0.579. The Kier molecular flexibility index (Phi) is 5.90. The third-order valence-electron chi connectivity index (χ3n) is 4.68. The molecule has 0 amide bonds. The summed E-state index contributed by atoms with van der Waals surface area (Å²) in [6.45, 7) is 2.11. The summed E-state index contributed by atoms with van der Waals surface area (Å²) in [6, 6.07) is 21.2. The van der Waals surface area contributed by atoms with Crippen molar-refractivity contribution >= 4 is 11.9 Å². The van der Waals surface area contributed by atoms with Crippen molar-refractivity contribution in [1.82, 2.24) is 0 Å². The average molecular weight is 374 g/mol. The van der Waals surface area contributed by atoms with Crippen molar-refractivity contribution in [3.8, 4) is 22.3 Å². The van der Waals surface area contributed by atoms with Crippen LogP contribution in [0.15, 0.2) is 66.7 Å². The molecule has 28 heavy (non-hydrogen) atoms. The van der Waals surface area contributed by atoms with Crippen LogP contribution >= 0.6 is 0 Å². The Morgan fingerprint density at radius 1 is 0.643 bits per heavy atom. The fourth-order valence-corrected chi connectivity index (χ4v) is 3.06. The molecule has 0 N–H and O–H groups in total. The van der Waals surface area contributed by atoms with E-state index in [1.165, 1.54) is 19.8 Å². The van der Waals surface area contributed by atoms with Crippen molar-refractivity contribution in [3.63, 3.8) is 0 Å². The SMILES string of the molecule is CCc1cc(-c2ccc(C(=O)OC)cc2)cc(-c2ccc(C(=O)OC)cc2)c1. The zero-order valence-electron chi connectivity index (χ0n) is 16.2. The largest absolute Gasteiger partial charge is 0.465 e. The summed E-state index contributed by atoms with van der Waals surface area (Å²) in [7, 11) is 2.75. The lowest BCUT2D eigenvalue weighted by molar-refractivity contribution is 0.0592. The number of hydrogen-bond acceptors (Lipinski definition) is 4. The van der Waals surface area contributed by atoms with Crippen LogP contribution in [0.25, 0.3) is 22.3 Å². The number of methoxy groups -OCH3 is 2. The van der Waals surface area contributed by atoms with Crippen LogP contribution in [0, 0.1) is 0 Å². The van der Waals surface area contributed by atoms with E-state index in [0.29, 0.717) is 11.1 Å². The van der Waals surface area contributed by atoms with Crippen LogP contribution in [-0.4, -0.2) is 26.2 Å². The van der Waals surface area contributed by atoms with E-state index >= 15 is 0 Å². The number of carbonyl (C=O) groups is 2. The lowest BCUT2D eigenvalue weighted by atomic mass is 9.94. The molecule has 0 aromatic heterocycles. The van der Waals surface area contributed by atoms with Crippen molar-refractivity contribution in [1.29, 1.82) is 0 Å². The third-order valence-corrected chi connectivity index (χ3v) is 4.68. The van der Waals surface area contributed by atoms with Gasteiger partial charge in [0.2, 0.25) is 0 Å². The predicted octanol–water partition coefficient (Wildman–Crippen LogP) is 5.16. The van der Waals surface area contributed by atoms with Gasteiger partial charge in [-0.05, 0) is 64.6 Å². The van der Waals surface area contributed by atoms with Crippen LogP contribution in [-0.2, 0) is 15.9 Å². The highest BCUT2D eigenvalue weighted by Gasteiger charge is 2.09. The van der Waals surface area contributed by atoms with E-state index in [0.717, 1.165) is 28.7 Å². The molecule has 0 spiro atoms. The average Bonchev–Trinajstić information content (AvgIpc) is 2.77. The molecule has 0 aliphatic heterocycles. The minimum Gasteiger partial charge on any atom is -0.465 e. The maximum Gasteiger partial charge on any atom is 0.337 e. The lowest BCUT2D eigenvalue weighted by Gasteiger charge is -2.11. The van der Waals surface area contributed by atoms with Crippen molar-refractivity contribution in [2.45, 2.75) is 13.3 Å². The van der Waals surface area contributed by atoms with Gasteiger partial charge in [0.1, 0.15) is 0 Å². The summed E-state index contributed by atoms with van der Waals surface area (Å²) < 4.78 is 9.52. The second kappa shape index (κ2) is 8.53. The first-order chi connectivity index (χ1) is 13.5. The van der Waals surface area contributed by atoms with Gasteiger partial charge in [0, 0.05) is 0 Å². The zero-order chi connectivity index (χ0) is 20.1. The molecule has 0 fully saturated rings. The van der Waals surface area contributed by atoms with Gasteiger partial charge in [-0.25, -0.2) is 9.59 Å². The van der Waals surface area contributed by atoms with Gasteiger partial charge in [-0.15, -0.1) is 0 Å². The Labute approximate surface area is 164 Å². The van der Waals surface area contributed by atoms with E-state index in [4.69, 9.17) is 9.47 Å². The van der Waals surface area contributed by atoms with Crippen molar-refractivity contribution in [2.75, 3.05) is 14.2 Å².